The number of piperidine rings is 1. The molecule has 0 saturated carbocycles. The maximum absolute atomic E-state index is 12.8. The number of rotatable bonds is 3. The van der Waals surface area contributed by atoms with Gasteiger partial charge >= 0.3 is 0 Å². The zero-order valence-electron chi connectivity index (χ0n) is 13.4. The van der Waals surface area contributed by atoms with Crippen LogP contribution in [0.25, 0.3) is 0 Å². The van der Waals surface area contributed by atoms with Gasteiger partial charge in [-0.2, -0.15) is 0 Å². The third kappa shape index (κ3) is 2.79. The van der Waals surface area contributed by atoms with E-state index in [1.807, 2.05) is 6.07 Å². The minimum absolute atomic E-state index is 0.282. The van der Waals surface area contributed by atoms with Gasteiger partial charge in [0, 0.05) is 19.0 Å². The first-order valence-corrected chi connectivity index (χ1v) is 9.78. The summed E-state index contributed by atoms with van der Waals surface area (Å²) in [5.74, 6) is 2.10. The van der Waals surface area contributed by atoms with Crippen molar-refractivity contribution in [2.75, 3.05) is 19.6 Å². The molecule has 128 valence electrons. The molecular weight excluding hydrogens is 326 g/mol. The number of sulfonamides is 1. The van der Waals surface area contributed by atoms with Gasteiger partial charge in [0.25, 0.3) is 0 Å². The van der Waals surface area contributed by atoms with E-state index in [4.69, 9.17) is 0 Å². The van der Waals surface area contributed by atoms with Crippen LogP contribution in [0.5, 0.6) is 0 Å². The molecule has 3 heterocycles. The lowest BCUT2D eigenvalue weighted by Crippen LogP contribution is -2.42. The Kier molecular flexibility index (Phi) is 4.21. The first kappa shape index (κ1) is 15.9. The molecule has 2 unspecified atom stereocenters. The molecule has 1 saturated heterocycles. The molecular formula is C16H21N5O2S. The molecule has 1 fully saturated rings. The van der Waals surface area contributed by atoms with E-state index in [1.54, 1.807) is 24.3 Å². The number of hydrogen-bond acceptors (Lipinski definition) is 5. The van der Waals surface area contributed by atoms with Gasteiger partial charge in [0.1, 0.15) is 12.4 Å². The van der Waals surface area contributed by atoms with Crippen LogP contribution in [0.1, 0.15) is 30.4 Å². The molecule has 2 aliphatic rings. The van der Waals surface area contributed by atoms with Crippen LogP contribution in [0, 0.1) is 0 Å². The maximum Gasteiger partial charge on any atom is 0.175 e. The molecule has 0 amide bonds. The minimum atomic E-state index is -3.48. The lowest BCUT2D eigenvalue weighted by molar-refractivity contribution is 0.295. The summed E-state index contributed by atoms with van der Waals surface area (Å²) in [7, 11) is -3.48. The minimum Gasteiger partial charge on any atom is -0.593 e. The average molecular weight is 347 g/mol. The number of aromatic nitrogens is 3. The van der Waals surface area contributed by atoms with Gasteiger partial charge in [0.15, 0.2) is 21.1 Å². The Hall–Kier alpha value is -1.61. The third-order valence-electron chi connectivity index (χ3n) is 4.79. The quantitative estimate of drug-likeness (QED) is 0.842. The SMILES string of the molecule is O=[S+]([O-])(c1ccccc1)N1CCn2c(nnc2C2CCCNC2)C1. The van der Waals surface area contributed by atoms with Gasteiger partial charge in [-0.25, -0.2) is 0 Å². The summed E-state index contributed by atoms with van der Waals surface area (Å²) in [6.07, 6.45) is 2.25. The molecule has 7 nitrogen and oxygen atoms in total. The highest BCUT2D eigenvalue weighted by atomic mass is 32.3. The first-order valence-electron chi connectivity index (χ1n) is 8.34. The summed E-state index contributed by atoms with van der Waals surface area (Å²) < 4.78 is 29.1. The molecule has 0 spiro atoms. The average Bonchev–Trinajstić information content (AvgIpc) is 3.06. The molecule has 0 aliphatic carbocycles. The zero-order chi connectivity index (χ0) is 16.6. The maximum atomic E-state index is 12.8. The van der Waals surface area contributed by atoms with Crippen LogP contribution < -0.4 is 5.32 Å². The van der Waals surface area contributed by atoms with Crippen molar-refractivity contribution in [3.63, 3.8) is 0 Å². The summed E-state index contributed by atoms with van der Waals surface area (Å²) in [5, 5.41) is 12.0. The number of hydrogen-bond donors (Lipinski definition) is 1. The smallest absolute Gasteiger partial charge is 0.175 e. The van der Waals surface area contributed by atoms with E-state index in [2.05, 4.69) is 20.1 Å². The standard InChI is InChI=1S/C16H21N5O2S/c22-24(23,14-6-2-1-3-7-14)20-9-10-21-15(12-20)18-19-16(21)13-5-4-8-17-11-13/h1-3,6-7,13,17H,4-5,8-12H2. The van der Waals surface area contributed by atoms with Gasteiger partial charge in [-0.15, -0.1) is 14.5 Å². The Morgan fingerprint density at radius 2 is 2.04 bits per heavy atom. The Balaban J connectivity index is 1.56. The topological polar surface area (TPSA) is 86.1 Å². The van der Waals surface area contributed by atoms with Crippen LogP contribution in [0.4, 0.5) is 0 Å². The molecule has 1 aromatic heterocycles. The number of nitrogens with zero attached hydrogens (tertiary/aromatic N) is 4. The fraction of sp³-hybridized carbons (Fsp3) is 0.500. The van der Waals surface area contributed by atoms with Crippen molar-refractivity contribution < 1.29 is 8.76 Å². The van der Waals surface area contributed by atoms with Crippen molar-refractivity contribution in [3.8, 4) is 0 Å². The Bertz CT molecular complexity index is 757. The Morgan fingerprint density at radius 1 is 1.21 bits per heavy atom. The van der Waals surface area contributed by atoms with Gasteiger partial charge in [-0.3, -0.25) is 0 Å². The highest BCUT2D eigenvalue weighted by Crippen LogP contribution is 2.28. The third-order valence-corrected chi connectivity index (χ3v) is 6.65. The van der Waals surface area contributed by atoms with Gasteiger partial charge < -0.3 is 14.4 Å². The van der Waals surface area contributed by atoms with Crippen molar-refractivity contribution >= 4 is 10.4 Å². The highest BCUT2D eigenvalue weighted by molar-refractivity contribution is 7.95. The summed E-state index contributed by atoms with van der Waals surface area (Å²) in [6, 6.07) is 8.57. The van der Waals surface area contributed by atoms with Crippen LogP contribution in [0.3, 0.4) is 0 Å². The Morgan fingerprint density at radius 3 is 2.79 bits per heavy atom. The van der Waals surface area contributed by atoms with E-state index in [0.717, 1.165) is 37.6 Å². The van der Waals surface area contributed by atoms with Crippen LogP contribution in [0.2, 0.25) is 0 Å². The van der Waals surface area contributed by atoms with Gasteiger partial charge in [-0.05, 0) is 31.5 Å². The lowest BCUT2D eigenvalue weighted by Gasteiger charge is -2.31. The van der Waals surface area contributed by atoms with Crippen LogP contribution in [-0.4, -0.2) is 43.3 Å². The second-order valence-corrected chi connectivity index (χ2v) is 8.26. The lowest BCUT2D eigenvalue weighted by atomic mass is 9.99. The van der Waals surface area contributed by atoms with Crippen LogP contribution in [-0.2, 0) is 27.7 Å². The largest absolute Gasteiger partial charge is 0.593 e. The number of nitrogens with one attached hydrogen (secondary N) is 1. The zero-order valence-corrected chi connectivity index (χ0v) is 14.2. The molecule has 1 N–H and O–H groups in total. The van der Waals surface area contributed by atoms with Crippen molar-refractivity contribution in [1.82, 2.24) is 24.4 Å². The monoisotopic (exact) mass is 347 g/mol. The van der Waals surface area contributed by atoms with Crippen molar-refractivity contribution in [2.45, 2.75) is 36.7 Å². The second-order valence-electron chi connectivity index (χ2n) is 6.32. The summed E-state index contributed by atoms with van der Waals surface area (Å²) >= 11 is 0. The van der Waals surface area contributed by atoms with E-state index < -0.39 is 10.4 Å². The highest BCUT2D eigenvalue weighted by Gasteiger charge is 2.36. The predicted octanol–water partition coefficient (Wildman–Crippen LogP) is 1.16. The second kappa shape index (κ2) is 6.36. The van der Waals surface area contributed by atoms with E-state index in [-0.39, 0.29) is 6.54 Å². The summed E-state index contributed by atoms with van der Waals surface area (Å²) in [4.78, 5) is 0.328. The van der Waals surface area contributed by atoms with E-state index in [0.29, 0.717) is 23.9 Å². The van der Waals surface area contributed by atoms with Crippen LogP contribution >= 0.6 is 0 Å². The van der Waals surface area contributed by atoms with Crippen molar-refractivity contribution in [2.24, 2.45) is 0 Å². The van der Waals surface area contributed by atoms with E-state index >= 15 is 0 Å². The molecule has 24 heavy (non-hydrogen) atoms. The molecule has 8 heteroatoms. The Labute approximate surface area is 142 Å². The molecule has 2 aliphatic heterocycles. The molecule has 0 radical (unpaired) electrons. The first-order chi connectivity index (χ1) is 11.7. The van der Waals surface area contributed by atoms with Gasteiger partial charge in [0.2, 0.25) is 0 Å². The van der Waals surface area contributed by atoms with E-state index in [1.165, 1.54) is 4.31 Å². The molecule has 2 aromatic rings. The normalized spacial score (nSPS) is 24.3. The summed E-state index contributed by atoms with van der Waals surface area (Å²) in [6.45, 7) is 3.32. The van der Waals surface area contributed by atoms with Crippen molar-refractivity contribution in [1.29, 1.82) is 0 Å². The fourth-order valence-corrected chi connectivity index (χ4v) is 4.89. The predicted molar refractivity (Wildman–Crippen MR) is 88.8 cm³/mol. The van der Waals surface area contributed by atoms with Gasteiger partial charge in [-0.1, -0.05) is 22.4 Å². The van der Waals surface area contributed by atoms with Gasteiger partial charge in [0.05, 0.1) is 6.54 Å². The molecule has 0 bridgehead atoms. The number of benzene rings is 1. The van der Waals surface area contributed by atoms with E-state index in [9.17, 15) is 8.76 Å². The fourth-order valence-electron chi connectivity index (χ4n) is 3.48. The molecule has 2 atom stereocenters. The molecule has 1 aromatic carbocycles. The molecule has 4 rings (SSSR count). The summed E-state index contributed by atoms with van der Waals surface area (Å²) in [5.41, 5.74) is 0. The van der Waals surface area contributed by atoms with Crippen LogP contribution in [0.15, 0.2) is 35.2 Å². The van der Waals surface area contributed by atoms with Crippen molar-refractivity contribution in [3.05, 3.63) is 42.0 Å². The number of fused-ring (bicyclic) bond motifs is 1.